The van der Waals surface area contributed by atoms with Crippen molar-refractivity contribution in [2.24, 2.45) is 5.92 Å². The van der Waals surface area contributed by atoms with Gasteiger partial charge < -0.3 is 20.9 Å². The second-order valence-corrected chi connectivity index (χ2v) is 12.1. The summed E-state index contributed by atoms with van der Waals surface area (Å²) in [6.45, 7) is 4.46. The molecule has 2 aromatic carbocycles. The van der Waals surface area contributed by atoms with Gasteiger partial charge in [0, 0.05) is 31.2 Å². The van der Waals surface area contributed by atoms with Crippen LogP contribution in [0.3, 0.4) is 0 Å². The van der Waals surface area contributed by atoms with Crippen molar-refractivity contribution in [1.29, 1.82) is 0 Å². The Hall–Kier alpha value is -3.15. The van der Waals surface area contributed by atoms with Crippen LogP contribution in [-0.2, 0) is 32.5 Å². The number of aliphatic hydroxyl groups excluding tert-OH is 1. The first-order valence-electron chi connectivity index (χ1n) is 13.3. The van der Waals surface area contributed by atoms with Crippen LogP contribution in [0.4, 0.5) is 10.5 Å². The second kappa shape index (κ2) is 13.8. The average Bonchev–Trinajstić information content (AvgIpc) is 2.92. The molecule has 10 nitrogen and oxygen atoms in total. The summed E-state index contributed by atoms with van der Waals surface area (Å²) in [7, 11) is -2.54. The van der Waals surface area contributed by atoms with Crippen LogP contribution in [-0.4, -0.2) is 73.6 Å². The zero-order valence-electron chi connectivity index (χ0n) is 22.9. The topological polar surface area (TPSA) is 142 Å². The van der Waals surface area contributed by atoms with E-state index in [4.69, 9.17) is 10.5 Å². The summed E-state index contributed by atoms with van der Waals surface area (Å²) < 4.78 is 33.1. The van der Waals surface area contributed by atoms with E-state index in [1.807, 2.05) is 38.1 Å². The highest BCUT2D eigenvalue weighted by Crippen LogP contribution is 2.25. The minimum Gasteiger partial charge on any atom is -0.453 e. The molecule has 39 heavy (non-hydrogen) atoms. The van der Waals surface area contributed by atoms with Gasteiger partial charge in [0.05, 0.1) is 25.2 Å². The number of aliphatic hydroxyl groups is 1. The Labute approximate surface area is 231 Å². The fourth-order valence-corrected chi connectivity index (χ4v) is 6.62. The van der Waals surface area contributed by atoms with E-state index in [2.05, 4.69) is 5.32 Å². The normalized spacial score (nSPS) is 16.2. The van der Waals surface area contributed by atoms with Crippen molar-refractivity contribution in [3.05, 3.63) is 59.7 Å². The Bertz CT molecular complexity index is 1220. The van der Waals surface area contributed by atoms with E-state index >= 15 is 0 Å². The van der Waals surface area contributed by atoms with E-state index < -0.39 is 28.2 Å². The zero-order valence-corrected chi connectivity index (χ0v) is 23.7. The van der Waals surface area contributed by atoms with Crippen LogP contribution < -0.4 is 11.1 Å². The lowest BCUT2D eigenvalue weighted by atomic mass is 9.94. The van der Waals surface area contributed by atoms with E-state index in [-0.39, 0.29) is 29.9 Å². The summed E-state index contributed by atoms with van der Waals surface area (Å²) in [5.41, 5.74) is 8.20. The molecule has 4 N–H and O–H groups in total. The number of methoxy groups -OCH3 is 1. The summed E-state index contributed by atoms with van der Waals surface area (Å²) in [5, 5.41) is 13.0. The Morgan fingerprint density at radius 3 is 2.41 bits per heavy atom. The number of unbranched alkanes of at least 4 members (excludes halogenated alkanes) is 1. The number of hydrogen-bond donors (Lipinski definition) is 3. The molecule has 2 atom stereocenters. The van der Waals surface area contributed by atoms with Crippen molar-refractivity contribution in [2.45, 2.75) is 63.1 Å². The third-order valence-electron chi connectivity index (χ3n) is 6.87. The monoisotopic (exact) mass is 560 g/mol. The predicted octanol–water partition coefficient (Wildman–Crippen LogP) is 2.76. The number of nitrogen functional groups attached to an aromatic ring is 1. The molecule has 11 heteroatoms. The van der Waals surface area contributed by atoms with Gasteiger partial charge >= 0.3 is 6.09 Å². The summed E-state index contributed by atoms with van der Waals surface area (Å²) in [6, 6.07) is 12.5. The molecule has 0 radical (unpaired) electrons. The highest BCUT2D eigenvalue weighted by atomic mass is 32.2. The number of anilines is 1. The van der Waals surface area contributed by atoms with Gasteiger partial charge in [0.1, 0.15) is 6.04 Å². The van der Waals surface area contributed by atoms with Crippen LogP contribution >= 0.6 is 0 Å². The lowest BCUT2D eigenvalue weighted by molar-refractivity contribution is -0.126. The number of ether oxygens (including phenoxy) is 1. The molecule has 1 heterocycles. The summed E-state index contributed by atoms with van der Waals surface area (Å²) >= 11 is 0. The van der Waals surface area contributed by atoms with Gasteiger partial charge in [-0.1, -0.05) is 44.5 Å². The lowest BCUT2D eigenvalue weighted by Crippen LogP contribution is -2.52. The largest absolute Gasteiger partial charge is 0.453 e. The fourth-order valence-electron chi connectivity index (χ4n) is 4.81. The van der Waals surface area contributed by atoms with Gasteiger partial charge in [-0.2, -0.15) is 4.31 Å². The molecule has 0 saturated heterocycles. The number of fused-ring (bicyclic) bond motifs is 1. The summed E-state index contributed by atoms with van der Waals surface area (Å²) in [4.78, 5) is 27.0. The molecule has 0 aromatic heterocycles. The molecule has 214 valence electrons. The van der Waals surface area contributed by atoms with Gasteiger partial charge in [-0.05, 0) is 54.2 Å². The number of rotatable bonds is 12. The van der Waals surface area contributed by atoms with Gasteiger partial charge in [0.25, 0.3) is 0 Å². The third kappa shape index (κ3) is 7.71. The average molecular weight is 561 g/mol. The van der Waals surface area contributed by atoms with Crippen LogP contribution in [0.15, 0.2) is 53.4 Å². The van der Waals surface area contributed by atoms with Crippen LogP contribution in [0.25, 0.3) is 0 Å². The smallest absolute Gasteiger partial charge is 0.410 e. The summed E-state index contributed by atoms with van der Waals surface area (Å²) in [5.74, 6) is -0.207. The quantitative estimate of drug-likeness (QED) is 0.268. The lowest BCUT2D eigenvalue weighted by Gasteiger charge is -2.34. The molecule has 0 saturated carbocycles. The number of benzene rings is 2. The second-order valence-electron chi connectivity index (χ2n) is 10.2. The van der Waals surface area contributed by atoms with E-state index in [0.29, 0.717) is 44.5 Å². The number of nitrogens with one attached hydrogen (secondary N) is 1. The van der Waals surface area contributed by atoms with Crippen LogP contribution in [0.1, 0.15) is 44.2 Å². The van der Waals surface area contributed by atoms with E-state index in [1.165, 1.54) is 28.4 Å². The molecule has 1 aliphatic heterocycles. The molecule has 0 bridgehead atoms. The Morgan fingerprint density at radius 1 is 1.13 bits per heavy atom. The molecular formula is C28H40N4O6S. The molecule has 2 aromatic rings. The first-order chi connectivity index (χ1) is 18.6. The van der Waals surface area contributed by atoms with E-state index in [0.717, 1.165) is 11.1 Å². The van der Waals surface area contributed by atoms with Crippen LogP contribution in [0.2, 0.25) is 0 Å². The molecule has 2 amide bonds. The van der Waals surface area contributed by atoms with E-state index in [1.54, 1.807) is 12.1 Å². The molecule has 0 unspecified atom stereocenters. The minimum absolute atomic E-state index is 0.0558. The molecule has 1 aliphatic rings. The first kappa shape index (κ1) is 30.4. The van der Waals surface area contributed by atoms with Crippen molar-refractivity contribution < 1.29 is 27.9 Å². The molecular weight excluding hydrogens is 520 g/mol. The van der Waals surface area contributed by atoms with Crippen molar-refractivity contribution >= 4 is 27.7 Å². The third-order valence-corrected chi connectivity index (χ3v) is 8.81. The molecule has 0 aliphatic carbocycles. The van der Waals surface area contributed by atoms with Gasteiger partial charge in [0.15, 0.2) is 0 Å². The first-order valence-corrected chi connectivity index (χ1v) is 14.7. The van der Waals surface area contributed by atoms with Gasteiger partial charge in [0.2, 0.25) is 15.9 Å². The van der Waals surface area contributed by atoms with Crippen molar-refractivity contribution in [2.75, 3.05) is 32.5 Å². The minimum atomic E-state index is -3.84. The highest BCUT2D eigenvalue weighted by Gasteiger charge is 2.35. The Morgan fingerprint density at radius 2 is 1.79 bits per heavy atom. The van der Waals surface area contributed by atoms with Crippen molar-refractivity contribution in [1.82, 2.24) is 14.5 Å². The van der Waals surface area contributed by atoms with Crippen molar-refractivity contribution in [3.63, 3.8) is 0 Å². The standard InChI is InChI=1S/C28H40N4O6S/c1-20(2)17-32(39(36,37)25-13-11-23(29)12-14-25)24(19-33)10-6-7-15-30-27(34)26-16-21-8-4-5-9-22(21)18-31(26)28(35)38-3/h4-5,8-9,11-14,20,24,26,33H,6-7,10,15-19,29H2,1-3H3,(H,30,34)/t24-,26-/m0/s1. The Balaban J connectivity index is 1.59. The number of sulfonamides is 1. The number of hydrogen-bond acceptors (Lipinski definition) is 7. The molecule has 0 spiro atoms. The fraction of sp³-hybridized carbons (Fsp3) is 0.500. The zero-order chi connectivity index (χ0) is 28.6. The van der Waals surface area contributed by atoms with Crippen LogP contribution in [0, 0.1) is 5.92 Å². The van der Waals surface area contributed by atoms with Gasteiger partial charge in [-0.15, -0.1) is 0 Å². The number of carbonyl (C=O) groups excluding carboxylic acids is 2. The maximum absolute atomic E-state index is 13.4. The molecule has 3 rings (SSSR count). The molecule has 0 fully saturated rings. The van der Waals surface area contributed by atoms with Gasteiger partial charge in [-0.25, -0.2) is 13.2 Å². The maximum Gasteiger partial charge on any atom is 0.410 e. The van der Waals surface area contributed by atoms with Crippen molar-refractivity contribution in [3.8, 4) is 0 Å². The SMILES string of the molecule is COC(=O)N1Cc2ccccc2C[C@H]1C(=O)NCCCC[C@@H](CO)N(CC(C)C)S(=O)(=O)c1ccc(N)cc1. The number of nitrogens with two attached hydrogens (primary N) is 1. The maximum atomic E-state index is 13.4. The highest BCUT2D eigenvalue weighted by molar-refractivity contribution is 7.89. The van der Waals surface area contributed by atoms with Crippen LogP contribution in [0.5, 0.6) is 0 Å². The van der Waals surface area contributed by atoms with Gasteiger partial charge in [-0.3, -0.25) is 9.69 Å². The van der Waals surface area contributed by atoms with E-state index in [9.17, 15) is 23.1 Å². The summed E-state index contributed by atoms with van der Waals surface area (Å²) in [6.07, 6.45) is 1.45. The Kier molecular flexibility index (Phi) is 10.7. The number of amides is 2. The number of carbonyl (C=O) groups is 2. The number of nitrogens with zero attached hydrogens (tertiary/aromatic N) is 2. The predicted molar refractivity (Wildman–Crippen MR) is 149 cm³/mol.